The SMILES string of the molecule is CC(C)(C)c1cc(N(c2ccccc2)c2ccccc2)c2c(c1)c1cc3ccccc3c3c4cc5c(cc4n2c13)c1c2ccccc2cc2c3cc(C(C)(C)C)cc(N(c4ccccc4)c4ccccc4)c3n5c21. The highest BCUT2D eigenvalue weighted by Crippen LogP contribution is 2.53. The molecule has 0 saturated heterocycles. The highest BCUT2D eigenvalue weighted by molar-refractivity contribution is 6.37. The summed E-state index contributed by atoms with van der Waals surface area (Å²) >= 11 is 0. The van der Waals surface area contributed by atoms with Gasteiger partial charge in [0.1, 0.15) is 0 Å². The number of aromatic nitrogens is 2. The molecular formula is C70H54N4. The predicted molar refractivity (Wildman–Crippen MR) is 318 cm³/mol. The van der Waals surface area contributed by atoms with Crippen molar-refractivity contribution in [1.82, 2.24) is 8.80 Å². The van der Waals surface area contributed by atoms with Crippen LogP contribution in [0, 0.1) is 0 Å². The van der Waals surface area contributed by atoms with E-state index >= 15 is 0 Å². The van der Waals surface area contributed by atoms with E-state index in [1.54, 1.807) is 0 Å². The zero-order valence-electron chi connectivity index (χ0n) is 42.6. The van der Waals surface area contributed by atoms with E-state index in [9.17, 15) is 0 Å². The lowest BCUT2D eigenvalue weighted by atomic mass is 9.85. The van der Waals surface area contributed by atoms with Crippen LogP contribution in [0.3, 0.4) is 0 Å². The quantitative estimate of drug-likeness (QED) is 0.165. The van der Waals surface area contributed by atoms with Crippen molar-refractivity contribution in [1.29, 1.82) is 0 Å². The van der Waals surface area contributed by atoms with Crippen LogP contribution in [0.4, 0.5) is 34.1 Å². The Morgan fingerprint density at radius 2 is 0.595 bits per heavy atom. The van der Waals surface area contributed by atoms with E-state index in [4.69, 9.17) is 0 Å². The number of rotatable bonds is 6. The van der Waals surface area contributed by atoms with Crippen LogP contribution in [0.5, 0.6) is 0 Å². The summed E-state index contributed by atoms with van der Waals surface area (Å²) in [6.45, 7) is 14.1. The van der Waals surface area contributed by atoms with Crippen molar-refractivity contribution >= 4 is 132 Å². The Hall–Kier alpha value is -8.86. The molecule has 0 bridgehead atoms. The van der Waals surface area contributed by atoms with Crippen molar-refractivity contribution in [3.8, 4) is 0 Å². The van der Waals surface area contributed by atoms with Crippen molar-refractivity contribution in [2.75, 3.05) is 9.80 Å². The minimum absolute atomic E-state index is 0.113. The zero-order chi connectivity index (χ0) is 49.8. The number of benzene rings is 11. The molecule has 0 amide bonds. The minimum Gasteiger partial charge on any atom is -0.308 e. The van der Waals surface area contributed by atoms with Crippen LogP contribution >= 0.6 is 0 Å². The number of hydrogen-bond acceptors (Lipinski definition) is 2. The first-order valence-electron chi connectivity index (χ1n) is 26.1. The van der Waals surface area contributed by atoms with E-state index in [-0.39, 0.29) is 10.8 Å². The van der Waals surface area contributed by atoms with Gasteiger partial charge in [0.2, 0.25) is 0 Å². The summed E-state index contributed by atoms with van der Waals surface area (Å²) in [5.41, 5.74) is 16.6. The Bertz CT molecular complexity index is 4330. The largest absolute Gasteiger partial charge is 0.308 e. The maximum atomic E-state index is 2.64. The first kappa shape index (κ1) is 42.8. The van der Waals surface area contributed by atoms with Crippen LogP contribution in [0.25, 0.3) is 97.7 Å². The molecule has 0 fully saturated rings. The highest BCUT2D eigenvalue weighted by Gasteiger charge is 2.31. The second-order valence-corrected chi connectivity index (χ2v) is 22.6. The molecular weight excluding hydrogens is 897 g/mol. The normalized spacial score (nSPS) is 12.7. The third-order valence-corrected chi connectivity index (χ3v) is 16.1. The standard InChI is InChI=1S/C70H54N4/c1-69(2,3)45-37-55-53-35-43-23-19-21-33-51(43)63-57-42-60-58(41-59(57)73(67(53)63)65(55)61(39-45)71(47-25-11-7-12-26-47)48-27-13-8-14-28-48)64-52-34-22-20-24-44(52)36-54-56-38-46(70(4,5)6)40-62(66(56)74(60)68(54)64)72(49-29-15-9-16-30-49)50-31-17-10-18-32-50/h7-42H,1-6H3. The number of para-hydroxylation sites is 4. The molecule has 0 saturated carbocycles. The van der Waals surface area contributed by atoms with Gasteiger partial charge in [-0.05, 0) is 141 Å². The van der Waals surface area contributed by atoms with Crippen LogP contribution in [-0.2, 0) is 10.8 Å². The Labute approximate surface area is 430 Å². The van der Waals surface area contributed by atoms with Crippen LogP contribution in [0.1, 0.15) is 52.7 Å². The van der Waals surface area contributed by atoms with Crippen molar-refractivity contribution in [3.63, 3.8) is 0 Å². The Balaban J connectivity index is 1.18. The predicted octanol–water partition coefficient (Wildman–Crippen LogP) is 19.8. The van der Waals surface area contributed by atoms with E-state index in [2.05, 4.69) is 279 Å². The molecule has 4 aromatic heterocycles. The molecule has 4 heterocycles. The molecule has 0 aliphatic heterocycles. The van der Waals surface area contributed by atoms with Gasteiger partial charge in [-0.2, -0.15) is 0 Å². The molecule has 0 radical (unpaired) electrons. The topological polar surface area (TPSA) is 15.3 Å². The Kier molecular flexibility index (Phi) is 8.87. The molecule has 0 spiro atoms. The van der Waals surface area contributed by atoms with Gasteiger partial charge in [0, 0.05) is 65.8 Å². The highest BCUT2D eigenvalue weighted by atomic mass is 15.2. The molecule has 15 rings (SSSR count). The smallest absolute Gasteiger partial charge is 0.0783 e. The first-order chi connectivity index (χ1) is 36.0. The molecule has 0 aliphatic carbocycles. The number of hydrogen-bond donors (Lipinski definition) is 0. The monoisotopic (exact) mass is 950 g/mol. The molecule has 0 aliphatic rings. The van der Waals surface area contributed by atoms with Crippen LogP contribution in [0.2, 0.25) is 0 Å². The van der Waals surface area contributed by atoms with Crippen molar-refractivity contribution in [2.45, 2.75) is 52.4 Å². The van der Waals surface area contributed by atoms with Gasteiger partial charge in [-0.25, -0.2) is 0 Å². The second-order valence-electron chi connectivity index (χ2n) is 22.6. The van der Waals surface area contributed by atoms with Gasteiger partial charge < -0.3 is 18.6 Å². The van der Waals surface area contributed by atoms with Gasteiger partial charge in [-0.15, -0.1) is 0 Å². The average molecular weight is 951 g/mol. The van der Waals surface area contributed by atoms with Gasteiger partial charge in [0.05, 0.1) is 44.5 Å². The lowest BCUT2D eigenvalue weighted by Gasteiger charge is -2.29. The van der Waals surface area contributed by atoms with Crippen LogP contribution in [-0.4, -0.2) is 8.80 Å². The van der Waals surface area contributed by atoms with Gasteiger partial charge >= 0.3 is 0 Å². The molecule has 0 unspecified atom stereocenters. The van der Waals surface area contributed by atoms with Gasteiger partial charge in [0.15, 0.2) is 0 Å². The van der Waals surface area contributed by atoms with E-state index in [1.807, 2.05) is 0 Å². The summed E-state index contributed by atoms with van der Waals surface area (Å²) in [6.07, 6.45) is 0. The average Bonchev–Trinajstić information content (AvgIpc) is 4.30. The maximum absolute atomic E-state index is 2.64. The fraction of sp³-hybridized carbons (Fsp3) is 0.114. The lowest BCUT2D eigenvalue weighted by Crippen LogP contribution is -2.15. The molecule has 11 aromatic carbocycles. The fourth-order valence-electron chi connectivity index (χ4n) is 12.6. The van der Waals surface area contributed by atoms with Gasteiger partial charge in [-0.3, -0.25) is 0 Å². The molecule has 15 aromatic rings. The van der Waals surface area contributed by atoms with Crippen molar-refractivity contribution in [2.24, 2.45) is 0 Å². The van der Waals surface area contributed by atoms with E-state index in [0.29, 0.717) is 0 Å². The molecule has 354 valence electrons. The molecule has 0 N–H and O–H groups in total. The van der Waals surface area contributed by atoms with Gasteiger partial charge in [-0.1, -0.05) is 163 Å². The zero-order valence-corrected chi connectivity index (χ0v) is 42.6. The maximum Gasteiger partial charge on any atom is 0.0783 e. The Morgan fingerprint density at radius 1 is 0.284 bits per heavy atom. The summed E-state index contributed by atoms with van der Waals surface area (Å²) < 4.78 is 5.29. The summed E-state index contributed by atoms with van der Waals surface area (Å²) in [5, 5.41) is 15.2. The van der Waals surface area contributed by atoms with Crippen LogP contribution < -0.4 is 9.80 Å². The van der Waals surface area contributed by atoms with E-state index < -0.39 is 0 Å². The second kappa shape index (κ2) is 15.3. The fourth-order valence-corrected chi connectivity index (χ4v) is 12.6. The summed E-state index contributed by atoms with van der Waals surface area (Å²) in [4.78, 5) is 4.96. The van der Waals surface area contributed by atoms with E-state index in [1.165, 1.54) is 109 Å². The third-order valence-electron chi connectivity index (χ3n) is 16.1. The van der Waals surface area contributed by atoms with Crippen molar-refractivity contribution in [3.05, 3.63) is 230 Å². The van der Waals surface area contributed by atoms with Crippen LogP contribution in [0.15, 0.2) is 218 Å². The summed E-state index contributed by atoms with van der Waals surface area (Å²) in [6, 6.07) is 81.8. The summed E-state index contributed by atoms with van der Waals surface area (Å²) in [5.74, 6) is 0. The number of fused-ring (bicyclic) bond motifs is 16. The van der Waals surface area contributed by atoms with Gasteiger partial charge in [0.25, 0.3) is 0 Å². The lowest BCUT2D eigenvalue weighted by molar-refractivity contribution is 0.591. The van der Waals surface area contributed by atoms with E-state index in [0.717, 1.165) is 34.1 Å². The minimum atomic E-state index is -0.113. The first-order valence-corrected chi connectivity index (χ1v) is 26.1. The number of nitrogens with zero attached hydrogens (tertiary/aromatic N) is 4. The molecule has 4 nitrogen and oxygen atoms in total. The summed E-state index contributed by atoms with van der Waals surface area (Å²) in [7, 11) is 0. The van der Waals surface area contributed by atoms with Crippen molar-refractivity contribution < 1.29 is 0 Å². The molecule has 4 heteroatoms. The number of anilines is 6. The molecule has 74 heavy (non-hydrogen) atoms. The Morgan fingerprint density at radius 3 is 0.932 bits per heavy atom. The third kappa shape index (κ3) is 6.03. The molecule has 0 atom stereocenters.